The molecule has 4 heterocycles. The Morgan fingerprint density at radius 3 is 1.42 bits per heavy atom. The van der Waals surface area contributed by atoms with Gasteiger partial charge in [-0.3, -0.25) is 0 Å². The summed E-state index contributed by atoms with van der Waals surface area (Å²) in [4.78, 5) is 10.3. The third kappa shape index (κ3) is 7.29. The Balaban J connectivity index is 0.838. The summed E-state index contributed by atoms with van der Waals surface area (Å²) in [6.45, 7) is 19.2. The molecule has 6 aliphatic rings. The molecule has 0 fully saturated rings. The molecule has 1 spiro atoms. The van der Waals surface area contributed by atoms with Crippen LogP contribution in [0.4, 0.5) is 51.2 Å². The molecule has 16 aromatic rings. The van der Waals surface area contributed by atoms with Gasteiger partial charge in [-0.1, -0.05) is 223 Å². The van der Waals surface area contributed by atoms with Crippen molar-refractivity contribution in [2.45, 2.75) is 86.8 Å². The number of furan rings is 2. The summed E-state index contributed by atoms with van der Waals surface area (Å²) < 4.78 is 13.2. The number of rotatable bonds is 6. The van der Waals surface area contributed by atoms with Gasteiger partial charge in [0.15, 0.2) is 0 Å². The number of nitrogens with zero attached hydrogens (tertiary/aromatic N) is 3. The lowest BCUT2D eigenvalue weighted by Crippen LogP contribution is -2.37. The van der Waals surface area contributed by atoms with Crippen LogP contribution < -0.4 is 14.7 Å². The highest BCUT2D eigenvalue weighted by molar-refractivity contribution is 7.99. The minimum atomic E-state index is -0.865. The number of aryl methyl sites for hydroxylation is 2. The van der Waals surface area contributed by atoms with Gasteiger partial charge < -0.3 is 23.5 Å². The monoisotopic (exact) mass is 1330 g/mol. The zero-order valence-corrected chi connectivity index (χ0v) is 58.9. The van der Waals surface area contributed by atoms with Crippen molar-refractivity contribution in [1.29, 1.82) is 0 Å². The molecule has 486 valence electrons. The Morgan fingerprint density at radius 2 is 0.794 bits per heavy atom. The highest BCUT2D eigenvalue weighted by Crippen LogP contribution is 2.71. The molecular formula is C96H69N3O2S. The van der Waals surface area contributed by atoms with Crippen LogP contribution in [-0.4, -0.2) is 0 Å². The fraction of sp³-hybridized carbons (Fsp3) is 0.125. The van der Waals surface area contributed by atoms with E-state index in [0.717, 1.165) is 67.2 Å². The van der Waals surface area contributed by atoms with Crippen LogP contribution in [0.3, 0.4) is 0 Å². The number of para-hydroxylation sites is 7. The van der Waals surface area contributed by atoms with Crippen LogP contribution in [0.25, 0.3) is 88.4 Å². The third-order valence-corrected chi connectivity index (χ3v) is 25.6. The second-order valence-electron chi connectivity index (χ2n) is 30.7. The fourth-order valence-electron chi connectivity index (χ4n) is 19.9. The maximum atomic E-state index is 6.63. The van der Waals surface area contributed by atoms with E-state index in [-0.39, 0.29) is 10.8 Å². The van der Waals surface area contributed by atoms with Gasteiger partial charge in [-0.15, -0.1) is 0 Å². The highest BCUT2D eigenvalue weighted by atomic mass is 32.2. The molecule has 5 nitrogen and oxygen atoms in total. The summed E-state index contributed by atoms with van der Waals surface area (Å²) in [7, 11) is 0. The van der Waals surface area contributed by atoms with Crippen LogP contribution in [0.15, 0.2) is 292 Å². The molecule has 6 heteroatoms. The van der Waals surface area contributed by atoms with E-state index in [2.05, 4.69) is 343 Å². The van der Waals surface area contributed by atoms with E-state index in [1.54, 1.807) is 0 Å². The Morgan fingerprint density at radius 1 is 0.314 bits per heavy atom. The first kappa shape index (κ1) is 58.2. The molecule has 0 saturated carbocycles. The number of anilines is 9. The Hall–Kier alpha value is -11.6. The van der Waals surface area contributed by atoms with Crippen LogP contribution in [0.2, 0.25) is 0 Å². The summed E-state index contributed by atoms with van der Waals surface area (Å²) >= 11 is 1.89. The lowest BCUT2D eigenvalue weighted by molar-refractivity contribution is 0.656. The van der Waals surface area contributed by atoms with Crippen molar-refractivity contribution in [3.8, 4) is 44.5 Å². The van der Waals surface area contributed by atoms with Gasteiger partial charge in [0.1, 0.15) is 22.3 Å². The maximum Gasteiger partial charge on any atom is 0.136 e. The zero-order valence-electron chi connectivity index (χ0n) is 58.0. The summed E-state index contributed by atoms with van der Waals surface area (Å²) in [6.07, 6.45) is 0. The standard InChI is InChI=1S/C96H69N3O2S/c1-54-24-9-16-32-74(54)97(56-40-43-60-70(50-56)93(3,4)67-46-48-81-89(85(60)67)63-27-12-20-36-79(63)100-81)57-41-45-62-72(52-57)96(66-30-15-18-34-76(66)99-77-35-19-22-38-83(77)102-84-39-23-31-69(96)92(84)99)73-53-78(88-59-26-11-14-29-65(59)95(7,8)91(88)87(62)73)98(75-33-17-10-25-55(75)2)58-42-44-61-71(51-58)94(5,6)68-47-49-82-90(86(61)68)64-28-13-21-37-80(64)101-82/h9-53H,1-8H3. The number of benzene rings is 14. The third-order valence-electron chi connectivity index (χ3n) is 24.4. The van der Waals surface area contributed by atoms with Gasteiger partial charge in [-0.05, 0) is 223 Å². The minimum Gasteiger partial charge on any atom is -0.456 e. The first-order valence-electron chi connectivity index (χ1n) is 35.9. The second-order valence-corrected chi connectivity index (χ2v) is 31.7. The smallest absolute Gasteiger partial charge is 0.136 e. The van der Waals surface area contributed by atoms with Gasteiger partial charge in [0.05, 0.1) is 28.2 Å². The summed E-state index contributed by atoms with van der Waals surface area (Å²) in [5.74, 6) is 0. The minimum absolute atomic E-state index is 0.313. The first-order valence-corrected chi connectivity index (χ1v) is 36.7. The fourth-order valence-corrected chi connectivity index (χ4v) is 21.0. The molecule has 14 aromatic carbocycles. The lowest BCUT2D eigenvalue weighted by atomic mass is 9.64. The largest absolute Gasteiger partial charge is 0.456 e. The van der Waals surface area contributed by atoms with Gasteiger partial charge in [-0.2, -0.15) is 0 Å². The summed E-state index contributed by atoms with van der Waals surface area (Å²) in [6, 6.07) is 104. The lowest BCUT2D eigenvalue weighted by Gasteiger charge is -2.47. The molecule has 1 atom stereocenters. The average Bonchev–Trinajstić information content (AvgIpc) is 1.44. The molecule has 102 heavy (non-hydrogen) atoms. The molecule has 0 N–H and O–H groups in total. The van der Waals surface area contributed by atoms with Gasteiger partial charge in [0.25, 0.3) is 0 Å². The molecule has 0 radical (unpaired) electrons. The van der Waals surface area contributed by atoms with Crippen molar-refractivity contribution in [1.82, 2.24) is 0 Å². The van der Waals surface area contributed by atoms with Crippen LogP contribution in [0, 0.1) is 13.8 Å². The molecule has 1 unspecified atom stereocenters. The van der Waals surface area contributed by atoms with Crippen LogP contribution in [0.5, 0.6) is 0 Å². The zero-order chi connectivity index (χ0) is 68.2. The number of hydrogen-bond acceptors (Lipinski definition) is 6. The topological polar surface area (TPSA) is 36.0 Å². The van der Waals surface area contributed by atoms with Crippen molar-refractivity contribution in [3.63, 3.8) is 0 Å². The van der Waals surface area contributed by atoms with Crippen LogP contribution >= 0.6 is 11.8 Å². The Bertz CT molecular complexity index is 6470. The summed E-state index contributed by atoms with van der Waals surface area (Å²) in [5, 5.41) is 4.68. The number of fused-ring (bicyclic) bond motifs is 29. The molecule has 22 rings (SSSR count). The summed E-state index contributed by atoms with van der Waals surface area (Å²) in [5.41, 5.74) is 37.6. The SMILES string of the molecule is Cc1ccccc1N(c1ccc2c(c1)C(C)(C)c1ccc3oc4ccccc4c3c1-2)c1ccc2c(c1)C1(c3ccccc3N3c4ccccc4Sc4cccc1c43)c1cc(N(c3ccc4c(c3)C(C)(C)c3ccc5oc6ccccc6c5c3-4)c3ccccc3C)c3c(c1-2)C(C)(C)c1ccccc1-3. The second kappa shape index (κ2) is 20.1. The van der Waals surface area contributed by atoms with Gasteiger partial charge >= 0.3 is 0 Å². The van der Waals surface area contributed by atoms with Crippen molar-refractivity contribution in [3.05, 3.63) is 340 Å². The van der Waals surface area contributed by atoms with E-state index < -0.39 is 10.8 Å². The Labute approximate surface area is 597 Å². The molecule has 0 bridgehead atoms. The van der Waals surface area contributed by atoms with Gasteiger partial charge in [0, 0.05) is 81.6 Å². The van der Waals surface area contributed by atoms with E-state index in [1.807, 2.05) is 11.8 Å². The van der Waals surface area contributed by atoms with E-state index in [4.69, 9.17) is 8.83 Å². The van der Waals surface area contributed by atoms with E-state index in [0.29, 0.717) is 0 Å². The van der Waals surface area contributed by atoms with Gasteiger partial charge in [0.2, 0.25) is 0 Å². The maximum absolute atomic E-state index is 6.63. The van der Waals surface area contributed by atoms with E-state index in [1.165, 1.54) is 149 Å². The van der Waals surface area contributed by atoms with E-state index in [9.17, 15) is 0 Å². The predicted octanol–water partition coefficient (Wildman–Crippen LogP) is 26.6. The van der Waals surface area contributed by atoms with Crippen molar-refractivity contribution in [2.75, 3.05) is 14.7 Å². The van der Waals surface area contributed by atoms with Crippen molar-refractivity contribution >= 4 is 107 Å². The quantitative estimate of drug-likeness (QED) is 0.165. The molecular weight excluding hydrogens is 1260 g/mol. The normalized spacial score (nSPS) is 16.5. The van der Waals surface area contributed by atoms with Gasteiger partial charge in [-0.25, -0.2) is 0 Å². The Kier molecular flexibility index (Phi) is 11.5. The highest BCUT2D eigenvalue weighted by Gasteiger charge is 2.57. The molecule has 2 aliphatic heterocycles. The van der Waals surface area contributed by atoms with Crippen molar-refractivity contribution in [2.24, 2.45) is 0 Å². The van der Waals surface area contributed by atoms with Crippen molar-refractivity contribution < 1.29 is 8.83 Å². The van der Waals surface area contributed by atoms with Crippen LogP contribution in [-0.2, 0) is 21.7 Å². The van der Waals surface area contributed by atoms with Crippen LogP contribution in [0.1, 0.15) is 108 Å². The first-order chi connectivity index (χ1) is 49.7. The molecule has 2 aromatic heterocycles. The van der Waals surface area contributed by atoms with E-state index >= 15 is 0 Å². The molecule has 4 aliphatic carbocycles. The predicted molar refractivity (Wildman–Crippen MR) is 422 cm³/mol. The molecule has 0 saturated heterocycles. The number of hydrogen-bond donors (Lipinski definition) is 0. The molecule has 0 amide bonds. The average molecular weight is 1330 g/mol.